The molecule has 0 aliphatic rings. The van der Waals surface area contributed by atoms with Gasteiger partial charge in [0.15, 0.2) is 0 Å². The minimum absolute atomic E-state index is 0.000329. The molecule has 3 N–H and O–H groups in total. The number of aromatic nitrogens is 1. The van der Waals surface area contributed by atoms with E-state index in [1.807, 2.05) is 25.1 Å². The summed E-state index contributed by atoms with van der Waals surface area (Å²) in [4.78, 5) is 15.7. The van der Waals surface area contributed by atoms with E-state index in [1.165, 1.54) is 0 Å². The highest BCUT2D eigenvalue weighted by Crippen LogP contribution is 2.29. The van der Waals surface area contributed by atoms with Gasteiger partial charge in [0.2, 0.25) is 5.91 Å². The molecule has 2 aromatic rings. The van der Waals surface area contributed by atoms with Gasteiger partial charge in [-0.2, -0.15) is 0 Å². The Morgan fingerprint density at radius 3 is 2.61 bits per heavy atom. The van der Waals surface area contributed by atoms with Gasteiger partial charge in [-0.15, -0.1) is 0 Å². The average Bonchev–Trinajstić information content (AvgIpc) is 2.87. The minimum Gasteiger partial charge on any atom is -0.396 e. The summed E-state index contributed by atoms with van der Waals surface area (Å²) in [7, 11) is 0. The van der Waals surface area contributed by atoms with E-state index >= 15 is 0 Å². The second-order valence-electron chi connectivity index (χ2n) is 6.41. The standard InChI is InChI=1S/C19H28N2O2/c1-4-19(5-2,10-11-22)13-20-18(23)12-16-14(3)21-17-9-7-6-8-15(16)17/h6-9,21-22H,4-5,10-13H2,1-3H3,(H,20,23). The van der Waals surface area contributed by atoms with Crippen molar-refractivity contribution in [2.45, 2.75) is 46.5 Å². The van der Waals surface area contributed by atoms with E-state index in [2.05, 4.69) is 30.2 Å². The average molecular weight is 316 g/mol. The highest BCUT2D eigenvalue weighted by atomic mass is 16.3. The number of aliphatic hydroxyl groups is 1. The quantitative estimate of drug-likeness (QED) is 0.699. The Morgan fingerprint density at radius 1 is 1.26 bits per heavy atom. The van der Waals surface area contributed by atoms with Gasteiger partial charge in [-0.1, -0.05) is 32.0 Å². The number of carbonyl (C=O) groups is 1. The van der Waals surface area contributed by atoms with Crippen molar-refractivity contribution in [2.75, 3.05) is 13.2 Å². The van der Waals surface area contributed by atoms with Crippen LogP contribution in [-0.4, -0.2) is 29.1 Å². The van der Waals surface area contributed by atoms with Crippen LogP contribution >= 0.6 is 0 Å². The van der Waals surface area contributed by atoms with Crippen LogP contribution in [0.3, 0.4) is 0 Å². The number of hydrogen-bond acceptors (Lipinski definition) is 2. The van der Waals surface area contributed by atoms with Crippen LogP contribution in [0.1, 0.15) is 44.4 Å². The first-order valence-electron chi connectivity index (χ1n) is 8.49. The summed E-state index contributed by atoms with van der Waals surface area (Å²) in [6.07, 6.45) is 3.03. The monoisotopic (exact) mass is 316 g/mol. The first-order valence-corrected chi connectivity index (χ1v) is 8.49. The molecule has 0 bridgehead atoms. The molecule has 0 unspecified atom stereocenters. The third-order valence-electron chi connectivity index (χ3n) is 5.17. The van der Waals surface area contributed by atoms with E-state index in [4.69, 9.17) is 0 Å². The van der Waals surface area contributed by atoms with E-state index < -0.39 is 0 Å². The lowest BCUT2D eigenvalue weighted by Gasteiger charge is -2.31. The number of amides is 1. The first-order chi connectivity index (χ1) is 11.0. The fourth-order valence-corrected chi connectivity index (χ4v) is 3.25. The maximum atomic E-state index is 12.4. The second-order valence-corrected chi connectivity index (χ2v) is 6.41. The molecular weight excluding hydrogens is 288 g/mol. The van der Waals surface area contributed by atoms with Crippen LogP contribution in [0.2, 0.25) is 0 Å². The first kappa shape index (κ1) is 17.5. The lowest BCUT2D eigenvalue weighted by Crippen LogP contribution is -2.38. The van der Waals surface area contributed by atoms with Gasteiger partial charge in [-0.3, -0.25) is 4.79 Å². The van der Waals surface area contributed by atoms with Crippen molar-refractivity contribution in [3.05, 3.63) is 35.5 Å². The van der Waals surface area contributed by atoms with Gasteiger partial charge in [0, 0.05) is 29.7 Å². The number of fused-ring (bicyclic) bond motifs is 1. The van der Waals surface area contributed by atoms with Crippen LogP contribution in [0, 0.1) is 12.3 Å². The molecule has 4 nitrogen and oxygen atoms in total. The molecule has 0 atom stereocenters. The Morgan fingerprint density at radius 2 is 1.96 bits per heavy atom. The van der Waals surface area contributed by atoms with Crippen LogP contribution < -0.4 is 5.32 Å². The number of aliphatic hydroxyl groups excluding tert-OH is 1. The van der Waals surface area contributed by atoms with Gasteiger partial charge < -0.3 is 15.4 Å². The molecule has 0 aliphatic carbocycles. The van der Waals surface area contributed by atoms with Gasteiger partial charge in [0.1, 0.15) is 0 Å². The van der Waals surface area contributed by atoms with E-state index in [0.29, 0.717) is 13.0 Å². The number of hydrogen-bond donors (Lipinski definition) is 3. The molecule has 4 heteroatoms. The molecule has 0 saturated carbocycles. The number of aryl methyl sites for hydroxylation is 1. The van der Waals surface area contributed by atoms with Gasteiger partial charge >= 0.3 is 0 Å². The summed E-state index contributed by atoms with van der Waals surface area (Å²) in [6.45, 7) is 7.04. The van der Waals surface area contributed by atoms with Crippen LogP contribution in [0.15, 0.2) is 24.3 Å². The summed E-state index contributed by atoms with van der Waals surface area (Å²) in [5.41, 5.74) is 3.19. The van der Waals surface area contributed by atoms with Crippen LogP contribution in [0.4, 0.5) is 0 Å². The highest BCUT2D eigenvalue weighted by Gasteiger charge is 2.26. The molecule has 0 spiro atoms. The topological polar surface area (TPSA) is 65.1 Å². The molecule has 1 amide bonds. The Balaban J connectivity index is 2.05. The Labute approximate surface area is 138 Å². The van der Waals surface area contributed by atoms with Crippen molar-refractivity contribution < 1.29 is 9.90 Å². The number of nitrogens with one attached hydrogen (secondary N) is 2. The number of H-pyrrole nitrogens is 1. The molecule has 0 radical (unpaired) electrons. The third-order valence-corrected chi connectivity index (χ3v) is 5.17. The van der Waals surface area contributed by atoms with E-state index in [9.17, 15) is 9.90 Å². The molecule has 1 aromatic heterocycles. The van der Waals surface area contributed by atoms with Crippen LogP contribution in [0.25, 0.3) is 10.9 Å². The molecule has 0 fully saturated rings. The van der Waals surface area contributed by atoms with E-state index in [-0.39, 0.29) is 17.9 Å². The number of benzene rings is 1. The third kappa shape index (κ3) is 3.94. The summed E-state index contributed by atoms with van der Waals surface area (Å²) in [5, 5.41) is 13.5. The SMILES string of the molecule is CCC(CC)(CCO)CNC(=O)Cc1c(C)[nH]c2ccccc12. The van der Waals surface area contributed by atoms with E-state index in [0.717, 1.165) is 41.4 Å². The maximum absolute atomic E-state index is 12.4. The number of para-hydroxylation sites is 1. The predicted molar refractivity (Wildman–Crippen MR) is 94.5 cm³/mol. The lowest BCUT2D eigenvalue weighted by molar-refractivity contribution is -0.121. The smallest absolute Gasteiger partial charge is 0.224 e. The van der Waals surface area contributed by atoms with Crippen molar-refractivity contribution >= 4 is 16.8 Å². The predicted octanol–water partition coefficient (Wildman–Crippen LogP) is 3.32. The molecule has 2 rings (SSSR count). The second kappa shape index (κ2) is 7.64. The van der Waals surface area contributed by atoms with Crippen molar-refractivity contribution in [1.29, 1.82) is 0 Å². The largest absolute Gasteiger partial charge is 0.396 e. The van der Waals surface area contributed by atoms with Gasteiger partial charge in [-0.05, 0) is 43.2 Å². The van der Waals surface area contributed by atoms with Gasteiger partial charge in [0.25, 0.3) is 0 Å². The molecule has 0 saturated heterocycles. The summed E-state index contributed by atoms with van der Waals surface area (Å²) in [6, 6.07) is 8.07. The van der Waals surface area contributed by atoms with Crippen LogP contribution in [-0.2, 0) is 11.2 Å². The molecule has 126 valence electrons. The zero-order valence-corrected chi connectivity index (χ0v) is 14.4. The van der Waals surface area contributed by atoms with Gasteiger partial charge in [-0.25, -0.2) is 0 Å². The molecular formula is C19H28N2O2. The molecule has 0 aliphatic heterocycles. The number of rotatable bonds is 8. The highest BCUT2D eigenvalue weighted by molar-refractivity contribution is 5.90. The van der Waals surface area contributed by atoms with Crippen molar-refractivity contribution in [3.63, 3.8) is 0 Å². The molecule has 23 heavy (non-hydrogen) atoms. The fourth-order valence-electron chi connectivity index (χ4n) is 3.25. The number of aromatic amines is 1. The normalized spacial score (nSPS) is 11.8. The fraction of sp³-hybridized carbons (Fsp3) is 0.526. The minimum atomic E-state index is -0.000329. The van der Waals surface area contributed by atoms with Gasteiger partial charge in [0.05, 0.1) is 6.42 Å². The summed E-state index contributed by atoms with van der Waals surface area (Å²) in [5.74, 6) is 0.0436. The zero-order chi connectivity index (χ0) is 16.9. The lowest BCUT2D eigenvalue weighted by atomic mass is 9.79. The zero-order valence-electron chi connectivity index (χ0n) is 14.4. The van der Waals surface area contributed by atoms with Crippen molar-refractivity contribution in [3.8, 4) is 0 Å². The maximum Gasteiger partial charge on any atom is 0.224 e. The van der Waals surface area contributed by atoms with Crippen LogP contribution in [0.5, 0.6) is 0 Å². The molecule has 1 heterocycles. The van der Waals surface area contributed by atoms with E-state index in [1.54, 1.807) is 0 Å². The number of carbonyl (C=O) groups excluding carboxylic acids is 1. The Bertz CT molecular complexity index is 656. The summed E-state index contributed by atoms with van der Waals surface area (Å²) < 4.78 is 0. The Hall–Kier alpha value is -1.81. The summed E-state index contributed by atoms with van der Waals surface area (Å²) >= 11 is 0. The van der Waals surface area contributed by atoms with Crippen molar-refractivity contribution in [1.82, 2.24) is 10.3 Å². The van der Waals surface area contributed by atoms with Crippen molar-refractivity contribution in [2.24, 2.45) is 5.41 Å². The molecule has 1 aromatic carbocycles. The Kier molecular flexibility index (Phi) is 5.83.